The maximum absolute atomic E-state index is 11.7. The number of aromatic amines is 1. The highest BCUT2D eigenvalue weighted by Crippen LogP contribution is 1.99. The van der Waals surface area contributed by atoms with Gasteiger partial charge in [-0.05, 0) is 6.92 Å². The van der Waals surface area contributed by atoms with Crippen molar-refractivity contribution in [3.8, 4) is 0 Å². The summed E-state index contributed by atoms with van der Waals surface area (Å²) in [6.45, 7) is 1.51. The molecule has 0 unspecified atom stereocenters. The molecule has 100 valence electrons. The van der Waals surface area contributed by atoms with Gasteiger partial charge in [-0.15, -0.1) is 0 Å². The summed E-state index contributed by atoms with van der Waals surface area (Å²) in [5, 5.41) is 20.3. The highest BCUT2D eigenvalue weighted by Gasteiger charge is 2.26. The minimum atomic E-state index is -1.34. The number of nitrogens with one attached hydrogen (secondary N) is 2. The molecule has 1 aromatic rings. The summed E-state index contributed by atoms with van der Waals surface area (Å²) in [4.78, 5) is 30.5. The van der Waals surface area contributed by atoms with Crippen LogP contribution in [-0.2, 0) is 11.3 Å². The molecular formula is C10H16N4O4. The molecule has 0 fully saturated rings. The molecule has 18 heavy (non-hydrogen) atoms. The second-order valence-corrected chi connectivity index (χ2v) is 3.90. The number of carboxylic acid groups (broad SMARTS) is 1. The maximum Gasteiger partial charge on any atom is 0.328 e. The van der Waals surface area contributed by atoms with E-state index in [1.54, 1.807) is 12.4 Å². The number of carbonyl (C=O) groups is 2. The number of carbonyl (C=O) groups excluding carboxylic acids is 1. The van der Waals surface area contributed by atoms with Crippen LogP contribution in [0, 0.1) is 0 Å². The van der Waals surface area contributed by atoms with Crippen LogP contribution in [0.25, 0.3) is 0 Å². The number of aliphatic hydroxyl groups is 1. The number of aliphatic carboxylic acids is 1. The molecule has 0 aliphatic heterocycles. The Balaban J connectivity index is 2.56. The average Bonchev–Trinajstić information content (AvgIpc) is 2.77. The molecule has 0 spiro atoms. The zero-order valence-corrected chi connectivity index (χ0v) is 10.1. The number of amides is 2. The summed E-state index contributed by atoms with van der Waals surface area (Å²) >= 11 is 0. The Bertz CT molecular complexity index is 404. The minimum Gasteiger partial charge on any atom is -0.480 e. The van der Waals surface area contributed by atoms with Crippen LogP contribution in [0.1, 0.15) is 12.7 Å². The van der Waals surface area contributed by atoms with E-state index in [0.717, 1.165) is 0 Å². The van der Waals surface area contributed by atoms with Crippen LogP contribution in [0.2, 0.25) is 0 Å². The Kier molecular flexibility index (Phi) is 4.67. The summed E-state index contributed by atoms with van der Waals surface area (Å²) in [5.74, 6) is -0.707. The Morgan fingerprint density at radius 2 is 2.28 bits per heavy atom. The van der Waals surface area contributed by atoms with Gasteiger partial charge in [0.05, 0.1) is 12.6 Å². The second kappa shape index (κ2) is 6.01. The Hall–Kier alpha value is -2.09. The monoisotopic (exact) mass is 256 g/mol. The Labute approximate surface area is 104 Å². The van der Waals surface area contributed by atoms with Gasteiger partial charge in [0.25, 0.3) is 0 Å². The molecule has 8 nitrogen and oxygen atoms in total. The highest BCUT2D eigenvalue weighted by atomic mass is 16.4. The lowest BCUT2D eigenvalue weighted by Crippen LogP contribution is -2.51. The fourth-order valence-corrected chi connectivity index (χ4v) is 1.31. The molecule has 0 aromatic carbocycles. The number of aliphatic hydroxyl groups excluding tert-OH is 1. The topological polar surface area (TPSA) is 119 Å². The number of hydrogen-bond donors (Lipinski definition) is 4. The summed E-state index contributed by atoms with van der Waals surface area (Å²) < 4.78 is 0. The molecule has 8 heteroatoms. The first-order valence-corrected chi connectivity index (χ1v) is 5.32. The van der Waals surface area contributed by atoms with E-state index in [1.807, 2.05) is 0 Å². The van der Waals surface area contributed by atoms with Crippen molar-refractivity contribution in [3.63, 3.8) is 0 Å². The normalized spacial score (nSPS) is 13.7. The van der Waals surface area contributed by atoms with Gasteiger partial charge in [-0.25, -0.2) is 14.6 Å². The minimum absolute atomic E-state index is 0.213. The van der Waals surface area contributed by atoms with Gasteiger partial charge in [0.15, 0.2) is 6.04 Å². The molecule has 0 saturated carbocycles. The largest absolute Gasteiger partial charge is 0.480 e. The van der Waals surface area contributed by atoms with Gasteiger partial charge in [-0.2, -0.15) is 0 Å². The van der Waals surface area contributed by atoms with Crippen LogP contribution < -0.4 is 5.32 Å². The zero-order valence-electron chi connectivity index (χ0n) is 10.1. The number of nitrogens with zero attached hydrogens (tertiary/aromatic N) is 2. The van der Waals surface area contributed by atoms with Crippen molar-refractivity contribution in [1.29, 1.82) is 0 Å². The molecule has 2 atom stereocenters. The van der Waals surface area contributed by atoms with E-state index in [0.29, 0.717) is 5.82 Å². The molecule has 0 aliphatic rings. The van der Waals surface area contributed by atoms with Crippen LogP contribution >= 0.6 is 0 Å². The maximum atomic E-state index is 11.7. The van der Waals surface area contributed by atoms with E-state index >= 15 is 0 Å². The summed E-state index contributed by atoms with van der Waals surface area (Å²) in [6.07, 6.45) is 2.00. The third kappa shape index (κ3) is 3.74. The number of imidazole rings is 1. The predicted molar refractivity (Wildman–Crippen MR) is 61.7 cm³/mol. The molecular weight excluding hydrogens is 240 g/mol. The van der Waals surface area contributed by atoms with Crippen LogP contribution in [0.3, 0.4) is 0 Å². The second-order valence-electron chi connectivity index (χ2n) is 3.90. The molecule has 0 saturated heterocycles. The van der Waals surface area contributed by atoms with Crippen LogP contribution in [0.4, 0.5) is 4.79 Å². The van der Waals surface area contributed by atoms with E-state index in [9.17, 15) is 14.7 Å². The van der Waals surface area contributed by atoms with E-state index < -0.39 is 24.1 Å². The van der Waals surface area contributed by atoms with Crippen LogP contribution in [-0.4, -0.2) is 56.3 Å². The van der Waals surface area contributed by atoms with E-state index in [2.05, 4.69) is 15.3 Å². The van der Waals surface area contributed by atoms with Crippen molar-refractivity contribution in [2.24, 2.45) is 0 Å². The molecule has 1 heterocycles. The molecule has 1 aromatic heterocycles. The smallest absolute Gasteiger partial charge is 0.328 e. The van der Waals surface area contributed by atoms with Crippen molar-refractivity contribution in [2.45, 2.75) is 25.6 Å². The van der Waals surface area contributed by atoms with Gasteiger partial charge in [-0.3, -0.25) is 0 Å². The molecule has 0 aliphatic carbocycles. The van der Waals surface area contributed by atoms with Gasteiger partial charge in [0, 0.05) is 19.4 Å². The summed E-state index contributed by atoms with van der Waals surface area (Å²) in [7, 11) is 1.50. The number of carboxylic acids is 1. The predicted octanol–water partition coefficient (Wildman–Crippen LogP) is -0.615. The zero-order chi connectivity index (χ0) is 13.7. The van der Waals surface area contributed by atoms with Crippen molar-refractivity contribution in [3.05, 3.63) is 18.2 Å². The number of H-pyrrole nitrogens is 1. The van der Waals surface area contributed by atoms with E-state index in [-0.39, 0.29) is 6.54 Å². The lowest BCUT2D eigenvalue weighted by atomic mass is 10.2. The van der Waals surface area contributed by atoms with Crippen LogP contribution in [0.5, 0.6) is 0 Å². The van der Waals surface area contributed by atoms with Gasteiger partial charge < -0.3 is 25.4 Å². The lowest BCUT2D eigenvalue weighted by Gasteiger charge is -2.22. The van der Waals surface area contributed by atoms with Crippen molar-refractivity contribution >= 4 is 12.0 Å². The number of rotatable bonds is 5. The SMILES string of the molecule is C[C@@H](O)[C@H](NC(=O)N(C)Cc1ncc[nH]1)C(=O)O. The molecule has 4 N–H and O–H groups in total. The van der Waals surface area contributed by atoms with Gasteiger partial charge in [0.2, 0.25) is 0 Å². The third-order valence-corrected chi connectivity index (χ3v) is 2.32. The fourth-order valence-electron chi connectivity index (χ4n) is 1.31. The Morgan fingerprint density at radius 1 is 1.61 bits per heavy atom. The quantitative estimate of drug-likeness (QED) is 0.560. The first kappa shape index (κ1) is 14.0. The average molecular weight is 256 g/mol. The molecule has 1 rings (SSSR count). The molecule has 0 radical (unpaired) electrons. The third-order valence-electron chi connectivity index (χ3n) is 2.32. The van der Waals surface area contributed by atoms with Gasteiger partial charge in [0.1, 0.15) is 5.82 Å². The standard InChI is InChI=1S/C10H16N4O4/c1-6(15)8(9(16)17)13-10(18)14(2)5-7-11-3-4-12-7/h3-4,6,8,15H,5H2,1-2H3,(H,11,12)(H,13,18)(H,16,17)/t6-,8+/m1/s1. The van der Waals surface area contributed by atoms with E-state index in [1.165, 1.54) is 18.9 Å². The summed E-state index contributed by atoms with van der Waals surface area (Å²) in [5.41, 5.74) is 0. The number of urea groups is 1. The first-order chi connectivity index (χ1) is 8.41. The number of aromatic nitrogens is 2. The molecule has 2 amide bonds. The van der Waals surface area contributed by atoms with E-state index in [4.69, 9.17) is 5.11 Å². The number of hydrogen-bond acceptors (Lipinski definition) is 4. The fraction of sp³-hybridized carbons (Fsp3) is 0.500. The van der Waals surface area contributed by atoms with Gasteiger partial charge >= 0.3 is 12.0 Å². The summed E-state index contributed by atoms with van der Waals surface area (Å²) in [6, 6.07) is -1.93. The van der Waals surface area contributed by atoms with Crippen molar-refractivity contribution < 1.29 is 19.8 Å². The Morgan fingerprint density at radius 3 is 2.72 bits per heavy atom. The highest BCUT2D eigenvalue weighted by molar-refractivity contribution is 5.82. The van der Waals surface area contributed by atoms with Gasteiger partial charge in [-0.1, -0.05) is 0 Å². The van der Waals surface area contributed by atoms with Crippen LogP contribution in [0.15, 0.2) is 12.4 Å². The van der Waals surface area contributed by atoms with Crippen molar-refractivity contribution in [1.82, 2.24) is 20.2 Å². The first-order valence-electron chi connectivity index (χ1n) is 5.32. The molecule has 0 bridgehead atoms. The lowest BCUT2D eigenvalue weighted by molar-refractivity contribution is -0.141. The van der Waals surface area contributed by atoms with Crippen molar-refractivity contribution in [2.75, 3.05) is 7.05 Å².